The largest absolute Gasteiger partial charge is 0.481 e. The van der Waals surface area contributed by atoms with E-state index in [9.17, 15) is 4.79 Å². The molecule has 0 spiro atoms. The molecular weight excluding hydrogens is 252 g/mol. The summed E-state index contributed by atoms with van der Waals surface area (Å²) in [7, 11) is 0. The van der Waals surface area contributed by atoms with Gasteiger partial charge in [-0.3, -0.25) is 4.79 Å². The molecule has 0 radical (unpaired) electrons. The molecule has 0 fully saturated rings. The third kappa shape index (κ3) is 6.06. The van der Waals surface area contributed by atoms with Crippen molar-refractivity contribution in [3.05, 3.63) is 29.8 Å². The summed E-state index contributed by atoms with van der Waals surface area (Å²) in [6.45, 7) is 10.5. The average molecular weight is 278 g/mol. The van der Waals surface area contributed by atoms with Crippen molar-refractivity contribution in [2.75, 3.05) is 13.1 Å². The van der Waals surface area contributed by atoms with Gasteiger partial charge in [-0.05, 0) is 44.0 Å². The van der Waals surface area contributed by atoms with E-state index in [-0.39, 0.29) is 5.91 Å². The molecule has 0 aromatic heterocycles. The Labute approximate surface area is 121 Å². The molecule has 1 unspecified atom stereocenters. The van der Waals surface area contributed by atoms with Crippen LogP contribution in [0.3, 0.4) is 0 Å². The number of nitrogens with one attached hydrogen (secondary N) is 2. The monoisotopic (exact) mass is 278 g/mol. The molecule has 0 saturated carbocycles. The van der Waals surface area contributed by atoms with Crippen molar-refractivity contribution in [3.8, 4) is 5.75 Å². The van der Waals surface area contributed by atoms with E-state index in [1.807, 2.05) is 31.2 Å². The van der Waals surface area contributed by atoms with Gasteiger partial charge in [0.2, 0.25) is 0 Å². The topological polar surface area (TPSA) is 50.4 Å². The predicted octanol–water partition coefficient (Wildman–Crippen LogP) is 2.34. The lowest BCUT2D eigenvalue weighted by Crippen LogP contribution is -2.36. The predicted molar refractivity (Wildman–Crippen MR) is 81.8 cm³/mol. The van der Waals surface area contributed by atoms with E-state index in [1.54, 1.807) is 6.92 Å². The number of hydrogen-bond acceptors (Lipinski definition) is 3. The summed E-state index contributed by atoms with van der Waals surface area (Å²) in [5.41, 5.74) is 1.21. The highest BCUT2D eigenvalue weighted by molar-refractivity contribution is 5.80. The second-order valence-corrected chi connectivity index (χ2v) is 5.32. The number of carbonyl (C=O) groups excluding carboxylic acids is 1. The van der Waals surface area contributed by atoms with E-state index in [0.717, 1.165) is 18.8 Å². The van der Waals surface area contributed by atoms with Crippen LogP contribution in [0, 0.1) is 5.92 Å². The van der Waals surface area contributed by atoms with Crippen LogP contribution in [0.4, 0.5) is 0 Å². The maximum Gasteiger partial charge on any atom is 0.260 e. The lowest BCUT2D eigenvalue weighted by molar-refractivity contribution is -0.127. The van der Waals surface area contributed by atoms with Gasteiger partial charge in [0.05, 0.1) is 0 Å². The minimum Gasteiger partial charge on any atom is -0.481 e. The zero-order valence-electron chi connectivity index (χ0n) is 12.9. The number of benzene rings is 1. The number of ether oxygens (including phenoxy) is 1. The highest BCUT2D eigenvalue weighted by Crippen LogP contribution is 2.14. The highest BCUT2D eigenvalue weighted by atomic mass is 16.5. The highest BCUT2D eigenvalue weighted by Gasteiger charge is 2.12. The normalized spacial score (nSPS) is 12.2. The molecule has 2 N–H and O–H groups in total. The Morgan fingerprint density at radius 2 is 1.85 bits per heavy atom. The van der Waals surface area contributed by atoms with Crippen molar-refractivity contribution < 1.29 is 9.53 Å². The Kier molecular flexibility index (Phi) is 7.09. The summed E-state index contributed by atoms with van der Waals surface area (Å²) in [5.74, 6) is 1.28. The van der Waals surface area contributed by atoms with Crippen LogP contribution in [-0.4, -0.2) is 25.1 Å². The average Bonchev–Trinajstić information content (AvgIpc) is 2.40. The van der Waals surface area contributed by atoms with Crippen LogP contribution in [0.5, 0.6) is 5.75 Å². The molecule has 0 saturated heterocycles. The van der Waals surface area contributed by atoms with Gasteiger partial charge in [0.15, 0.2) is 6.10 Å². The van der Waals surface area contributed by atoms with Gasteiger partial charge in [0.25, 0.3) is 5.91 Å². The first-order valence-corrected chi connectivity index (χ1v) is 7.27. The molecule has 0 aliphatic rings. The van der Waals surface area contributed by atoms with Crippen molar-refractivity contribution in [3.63, 3.8) is 0 Å². The van der Waals surface area contributed by atoms with E-state index >= 15 is 0 Å². The standard InChI is InChI=1S/C16H26N2O2/c1-5-18-16(19)13(4)20-15-8-6-14(7-9-15)11-17-10-12(2)3/h6-9,12-13,17H,5,10-11H2,1-4H3,(H,18,19). The SMILES string of the molecule is CCNC(=O)C(C)Oc1ccc(CNCC(C)C)cc1. The smallest absolute Gasteiger partial charge is 0.260 e. The molecule has 112 valence electrons. The fourth-order valence-corrected chi connectivity index (χ4v) is 1.77. The molecule has 20 heavy (non-hydrogen) atoms. The van der Waals surface area contributed by atoms with Gasteiger partial charge in [-0.15, -0.1) is 0 Å². The van der Waals surface area contributed by atoms with Gasteiger partial charge in [0, 0.05) is 13.1 Å². The summed E-state index contributed by atoms with van der Waals surface area (Å²) in [4.78, 5) is 11.6. The van der Waals surface area contributed by atoms with Gasteiger partial charge in [-0.2, -0.15) is 0 Å². The maximum atomic E-state index is 11.6. The molecule has 4 heteroatoms. The third-order valence-electron chi connectivity index (χ3n) is 2.84. The molecule has 1 rings (SSSR count). The van der Waals surface area contributed by atoms with Crippen LogP contribution in [0.1, 0.15) is 33.3 Å². The Balaban J connectivity index is 2.44. The number of amides is 1. The lowest BCUT2D eigenvalue weighted by Gasteiger charge is -2.14. The lowest BCUT2D eigenvalue weighted by atomic mass is 10.2. The van der Waals surface area contributed by atoms with E-state index in [1.165, 1.54) is 5.56 Å². The Bertz CT molecular complexity index is 401. The molecule has 0 aliphatic heterocycles. The first-order valence-electron chi connectivity index (χ1n) is 7.27. The van der Waals surface area contributed by atoms with Crippen LogP contribution in [-0.2, 0) is 11.3 Å². The van der Waals surface area contributed by atoms with Crippen LogP contribution in [0.2, 0.25) is 0 Å². The molecule has 1 amide bonds. The van der Waals surface area contributed by atoms with Crippen molar-refractivity contribution in [1.82, 2.24) is 10.6 Å². The summed E-state index contributed by atoms with van der Waals surface area (Å²) in [5, 5.41) is 6.13. The van der Waals surface area contributed by atoms with E-state index in [2.05, 4.69) is 24.5 Å². The van der Waals surface area contributed by atoms with Crippen molar-refractivity contribution in [2.24, 2.45) is 5.92 Å². The first kappa shape index (κ1) is 16.5. The molecule has 0 bridgehead atoms. The first-order chi connectivity index (χ1) is 9.52. The number of hydrogen-bond donors (Lipinski definition) is 2. The zero-order valence-corrected chi connectivity index (χ0v) is 12.9. The van der Waals surface area contributed by atoms with Gasteiger partial charge in [-0.25, -0.2) is 0 Å². The molecule has 1 aromatic carbocycles. The second-order valence-electron chi connectivity index (χ2n) is 5.32. The Hall–Kier alpha value is -1.55. The quantitative estimate of drug-likeness (QED) is 0.767. The van der Waals surface area contributed by atoms with Crippen LogP contribution >= 0.6 is 0 Å². The molecule has 1 aromatic rings. The van der Waals surface area contributed by atoms with E-state index in [4.69, 9.17) is 4.74 Å². The van der Waals surface area contributed by atoms with Gasteiger partial charge >= 0.3 is 0 Å². The van der Waals surface area contributed by atoms with Crippen LogP contribution in [0.25, 0.3) is 0 Å². The Morgan fingerprint density at radius 3 is 2.40 bits per heavy atom. The summed E-state index contributed by atoms with van der Waals surface area (Å²) < 4.78 is 5.59. The molecular formula is C16H26N2O2. The van der Waals surface area contributed by atoms with Gasteiger partial charge in [0.1, 0.15) is 5.75 Å². The second kappa shape index (κ2) is 8.59. The van der Waals surface area contributed by atoms with Crippen LogP contribution < -0.4 is 15.4 Å². The minimum atomic E-state index is -0.472. The number of rotatable bonds is 8. The van der Waals surface area contributed by atoms with Gasteiger partial charge < -0.3 is 15.4 Å². The summed E-state index contributed by atoms with van der Waals surface area (Å²) in [6.07, 6.45) is -0.472. The molecule has 0 aliphatic carbocycles. The van der Waals surface area contributed by atoms with Gasteiger partial charge in [-0.1, -0.05) is 26.0 Å². The minimum absolute atomic E-state index is 0.0878. The molecule has 4 nitrogen and oxygen atoms in total. The zero-order chi connectivity index (χ0) is 15.0. The van der Waals surface area contributed by atoms with Crippen molar-refractivity contribution in [2.45, 2.75) is 40.3 Å². The fraction of sp³-hybridized carbons (Fsp3) is 0.562. The number of likely N-dealkylation sites (N-methyl/N-ethyl adjacent to an activating group) is 1. The van der Waals surface area contributed by atoms with Crippen molar-refractivity contribution >= 4 is 5.91 Å². The van der Waals surface area contributed by atoms with Crippen LogP contribution in [0.15, 0.2) is 24.3 Å². The Morgan fingerprint density at radius 1 is 1.20 bits per heavy atom. The van der Waals surface area contributed by atoms with E-state index in [0.29, 0.717) is 12.5 Å². The fourth-order valence-electron chi connectivity index (χ4n) is 1.77. The van der Waals surface area contributed by atoms with E-state index < -0.39 is 6.10 Å². The summed E-state index contributed by atoms with van der Waals surface area (Å²) in [6, 6.07) is 7.85. The summed E-state index contributed by atoms with van der Waals surface area (Å²) >= 11 is 0. The molecule has 0 heterocycles. The maximum absolute atomic E-state index is 11.6. The number of carbonyl (C=O) groups is 1. The molecule has 1 atom stereocenters. The van der Waals surface area contributed by atoms with Crippen molar-refractivity contribution in [1.29, 1.82) is 0 Å². The third-order valence-corrected chi connectivity index (χ3v) is 2.84.